The third kappa shape index (κ3) is 4.40. The van der Waals surface area contributed by atoms with Crippen molar-refractivity contribution in [1.29, 1.82) is 0 Å². The largest absolute Gasteiger partial charge is 0.497 e. The third-order valence-corrected chi connectivity index (χ3v) is 6.30. The molecule has 5 heteroatoms. The summed E-state index contributed by atoms with van der Waals surface area (Å²) in [7, 11) is 1.65. The lowest BCUT2D eigenvalue weighted by atomic mass is 9.95. The molecule has 0 saturated carbocycles. The van der Waals surface area contributed by atoms with Crippen molar-refractivity contribution in [3.8, 4) is 5.75 Å². The number of anilines is 1. The second-order valence-electron chi connectivity index (χ2n) is 7.25. The van der Waals surface area contributed by atoms with Crippen LogP contribution in [0.2, 0.25) is 0 Å². The Morgan fingerprint density at radius 3 is 2.69 bits per heavy atom. The fourth-order valence-corrected chi connectivity index (χ4v) is 4.85. The predicted octanol–water partition coefficient (Wildman–Crippen LogP) is 5.95. The lowest BCUT2D eigenvalue weighted by Gasteiger charge is -2.13. The zero-order valence-electron chi connectivity index (χ0n) is 16.7. The molecule has 1 heterocycles. The SMILES string of the molecule is COc1ccc(/C=N/c2sc3c(c2C(=O)Nc2cccc(C)c2)CCCC3)cc1. The predicted molar refractivity (Wildman–Crippen MR) is 120 cm³/mol. The van der Waals surface area contributed by atoms with Gasteiger partial charge in [0.25, 0.3) is 5.91 Å². The Morgan fingerprint density at radius 1 is 1.14 bits per heavy atom. The van der Waals surface area contributed by atoms with Gasteiger partial charge in [0, 0.05) is 16.8 Å². The summed E-state index contributed by atoms with van der Waals surface area (Å²) >= 11 is 1.65. The second-order valence-corrected chi connectivity index (χ2v) is 8.33. The molecule has 3 aromatic rings. The van der Waals surface area contributed by atoms with Crippen molar-refractivity contribution in [1.82, 2.24) is 0 Å². The Kier molecular flexibility index (Phi) is 5.76. The molecule has 0 spiro atoms. The van der Waals surface area contributed by atoms with Gasteiger partial charge in [-0.25, -0.2) is 4.99 Å². The summed E-state index contributed by atoms with van der Waals surface area (Å²) in [6, 6.07) is 15.6. The van der Waals surface area contributed by atoms with Crippen molar-refractivity contribution >= 4 is 34.1 Å². The van der Waals surface area contributed by atoms with Gasteiger partial charge in [0.2, 0.25) is 0 Å². The number of aryl methyl sites for hydroxylation is 2. The van der Waals surface area contributed by atoms with Crippen LogP contribution in [-0.4, -0.2) is 19.2 Å². The van der Waals surface area contributed by atoms with Crippen molar-refractivity contribution < 1.29 is 9.53 Å². The lowest BCUT2D eigenvalue weighted by Crippen LogP contribution is -2.14. The van der Waals surface area contributed by atoms with E-state index in [9.17, 15) is 4.79 Å². The summed E-state index contributed by atoms with van der Waals surface area (Å²) in [4.78, 5) is 19.2. The van der Waals surface area contributed by atoms with Crippen LogP contribution in [0.5, 0.6) is 5.75 Å². The van der Waals surface area contributed by atoms with Gasteiger partial charge in [-0.15, -0.1) is 11.3 Å². The summed E-state index contributed by atoms with van der Waals surface area (Å²) < 4.78 is 5.21. The molecule has 0 aliphatic heterocycles. The highest BCUT2D eigenvalue weighted by atomic mass is 32.1. The average Bonchev–Trinajstić information content (AvgIpc) is 3.11. The van der Waals surface area contributed by atoms with Crippen molar-refractivity contribution in [3.05, 3.63) is 75.7 Å². The molecular formula is C24H24N2O2S. The quantitative estimate of drug-likeness (QED) is 0.535. The van der Waals surface area contributed by atoms with Crippen molar-refractivity contribution in [2.24, 2.45) is 4.99 Å². The maximum Gasteiger partial charge on any atom is 0.259 e. The van der Waals surface area contributed by atoms with Gasteiger partial charge in [0.05, 0.1) is 12.7 Å². The highest BCUT2D eigenvalue weighted by Crippen LogP contribution is 2.40. The van der Waals surface area contributed by atoms with Crippen LogP contribution in [0.4, 0.5) is 10.7 Å². The van der Waals surface area contributed by atoms with Crippen LogP contribution in [0.3, 0.4) is 0 Å². The van der Waals surface area contributed by atoms with E-state index in [0.717, 1.165) is 52.4 Å². The molecule has 1 aliphatic carbocycles. The van der Waals surface area contributed by atoms with Gasteiger partial charge in [-0.05, 0) is 85.7 Å². The van der Waals surface area contributed by atoms with E-state index in [1.54, 1.807) is 18.4 Å². The van der Waals surface area contributed by atoms with E-state index in [0.29, 0.717) is 0 Å². The monoisotopic (exact) mass is 404 g/mol. The Balaban J connectivity index is 1.65. The van der Waals surface area contributed by atoms with Crippen LogP contribution in [0.15, 0.2) is 53.5 Å². The van der Waals surface area contributed by atoms with E-state index in [1.165, 1.54) is 16.9 Å². The van der Waals surface area contributed by atoms with E-state index in [-0.39, 0.29) is 5.91 Å². The van der Waals surface area contributed by atoms with E-state index in [2.05, 4.69) is 5.32 Å². The summed E-state index contributed by atoms with van der Waals surface area (Å²) in [5.74, 6) is 0.740. The molecule has 0 bridgehead atoms. The molecule has 0 atom stereocenters. The molecule has 1 amide bonds. The molecule has 1 aromatic heterocycles. The number of nitrogens with one attached hydrogen (secondary N) is 1. The highest BCUT2D eigenvalue weighted by Gasteiger charge is 2.25. The smallest absolute Gasteiger partial charge is 0.259 e. The molecule has 0 unspecified atom stereocenters. The maximum atomic E-state index is 13.2. The van der Waals surface area contributed by atoms with Crippen LogP contribution in [0, 0.1) is 6.92 Å². The summed E-state index contributed by atoms with van der Waals surface area (Å²) in [5.41, 5.74) is 4.82. The molecule has 0 radical (unpaired) electrons. The third-order valence-electron chi connectivity index (χ3n) is 5.10. The number of benzene rings is 2. The van der Waals surface area contributed by atoms with Crippen LogP contribution >= 0.6 is 11.3 Å². The number of carbonyl (C=O) groups excluding carboxylic acids is 1. The van der Waals surface area contributed by atoms with Gasteiger partial charge in [-0.2, -0.15) is 0 Å². The molecule has 0 fully saturated rings. The van der Waals surface area contributed by atoms with E-state index in [4.69, 9.17) is 9.73 Å². The number of hydrogen-bond donors (Lipinski definition) is 1. The number of thiophene rings is 1. The van der Waals surface area contributed by atoms with Gasteiger partial charge in [-0.1, -0.05) is 12.1 Å². The first-order chi connectivity index (χ1) is 14.1. The van der Waals surface area contributed by atoms with Gasteiger partial charge >= 0.3 is 0 Å². The minimum Gasteiger partial charge on any atom is -0.497 e. The fourth-order valence-electron chi connectivity index (χ4n) is 3.62. The molecule has 4 rings (SSSR count). The standard InChI is InChI=1S/C24H24N2O2S/c1-16-6-5-7-18(14-16)26-23(27)22-20-8-3-4-9-21(20)29-24(22)25-15-17-10-12-19(28-2)13-11-17/h5-7,10-15H,3-4,8-9H2,1-2H3,(H,26,27)/b25-15+. The lowest BCUT2D eigenvalue weighted by molar-refractivity contribution is 0.102. The summed E-state index contributed by atoms with van der Waals surface area (Å²) in [5, 5.41) is 3.86. The number of aliphatic imine (C=N–C) groups is 1. The zero-order valence-corrected chi connectivity index (χ0v) is 17.5. The number of methoxy groups -OCH3 is 1. The number of amides is 1. The van der Waals surface area contributed by atoms with Gasteiger partial charge < -0.3 is 10.1 Å². The van der Waals surface area contributed by atoms with Gasteiger partial charge in [0.15, 0.2) is 0 Å². The van der Waals surface area contributed by atoms with E-state index >= 15 is 0 Å². The van der Waals surface area contributed by atoms with Crippen LogP contribution in [0.1, 0.15) is 44.8 Å². The first-order valence-corrected chi connectivity index (χ1v) is 10.7. The summed E-state index contributed by atoms with van der Waals surface area (Å²) in [6.45, 7) is 2.02. The number of carbonyl (C=O) groups is 1. The van der Waals surface area contributed by atoms with Crippen LogP contribution < -0.4 is 10.1 Å². The van der Waals surface area contributed by atoms with Crippen molar-refractivity contribution in [2.75, 3.05) is 12.4 Å². The Morgan fingerprint density at radius 2 is 1.93 bits per heavy atom. The van der Waals surface area contributed by atoms with E-state index in [1.807, 2.05) is 61.7 Å². The van der Waals surface area contributed by atoms with E-state index < -0.39 is 0 Å². The minimum absolute atomic E-state index is 0.0723. The fraction of sp³-hybridized carbons (Fsp3) is 0.250. The van der Waals surface area contributed by atoms with Gasteiger partial charge in [0.1, 0.15) is 10.8 Å². The Hall–Kier alpha value is -2.92. The number of hydrogen-bond acceptors (Lipinski definition) is 4. The highest BCUT2D eigenvalue weighted by molar-refractivity contribution is 7.16. The topological polar surface area (TPSA) is 50.7 Å². The van der Waals surface area contributed by atoms with Crippen molar-refractivity contribution in [3.63, 3.8) is 0 Å². The van der Waals surface area contributed by atoms with Crippen LogP contribution in [-0.2, 0) is 12.8 Å². The number of nitrogens with zero attached hydrogens (tertiary/aromatic N) is 1. The Labute approximate surface area is 175 Å². The second kappa shape index (κ2) is 8.62. The number of fused-ring (bicyclic) bond motifs is 1. The Bertz CT molecular complexity index is 1050. The summed E-state index contributed by atoms with van der Waals surface area (Å²) in [6.07, 6.45) is 6.09. The molecule has 1 N–H and O–H groups in total. The van der Waals surface area contributed by atoms with Gasteiger partial charge in [-0.3, -0.25) is 4.79 Å². The van der Waals surface area contributed by atoms with Crippen LogP contribution in [0.25, 0.3) is 0 Å². The number of ether oxygens (including phenoxy) is 1. The molecule has 2 aromatic carbocycles. The molecule has 148 valence electrons. The minimum atomic E-state index is -0.0723. The zero-order chi connectivity index (χ0) is 20.2. The van der Waals surface area contributed by atoms with Crippen molar-refractivity contribution in [2.45, 2.75) is 32.6 Å². The number of rotatable bonds is 5. The molecule has 0 saturated heterocycles. The molecule has 29 heavy (non-hydrogen) atoms. The molecule has 1 aliphatic rings. The normalized spacial score (nSPS) is 13.3. The first kappa shape index (κ1) is 19.4. The maximum absolute atomic E-state index is 13.2. The molecule has 4 nitrogen and oxygen atoms in total. The molecular weight excluding hydrogens is 380 g/mol. The first-order valence-electron chi connectivity index (χ1n) is 9.85. The average molecular weight is 405 g/mol.